The normalized spacial score (nSPS) is 11.6. The van der Waals surface area contributed by atoms with Crippen molar-refractivity contribution in [1.82, 2.24) is 4.31 Å². The lowest BCUT2D eigenvalue weighted by atomic mass is 10.1. The first-order valence-electron chi connectivity index (χ1n) is 6.57. The van der Waals surface area contributed by atoms with E-state index in [2.05, 4.69) is 0 Å². The van der Waals surface area contributed by atoms with E-state index in [1.165, 1.54) is 17.5 Å². The molecule has 116 valence electrons. The minimum Gasteiger partial charge on any atom is -0.399 e. The van der Waals surface area contributed by atoms with Crippen molar-refractivity contribution in [2.45, 2.75) is 25.2 Å². The lowest BCUT2D eigenvalue weighted by Crippen LogP contribution is -2.35. The van der Waals surface area contributed by atoms with E-state index in [4.69, 9.17) is 15.7 Å². The fraction of sp³-hybridized carbons (Fsp3) is 0.500. The second kappa shape index (κ2) is 7.41. The molecule has 0 amide bonds. The summed E-state index contributed by atoms with van der Waals surface area (Å²) in [6.07, 6.45) is 0.128. The Morgan fingerprint density at radius 1 is 1.33 bits per heavy atom. The van der Waals surface area contributed by atoms with Gasteiger partial charge in [0.05, 0.1) is 17.6 Å². The Bertz CT molecular complexity index is 636. The van der Waals surface area contributed by atoms with Gasteiger partial charge in [-0.1, -0.05) is 0 Å². The Labute approximate surface area is 126 Å². The summed E-state index contributed by atoms with van der Waals surface area (Å²) in [5.41, 5.74) is 7.66. The molecule has 6 nitrogen and oxygen atoms in total. The van der Waals surface area contributed by atoms with Crippen LogP contribution in [-0.2, 0) is 14.8 Å². The molecule has 0 fully saturated rings. The zero-order valence-corrected chi connectivity index (χ0v) is 13.4. The van der Waals surface area contributed by atoms with Gasteiger partial charge in [-0.15, -0.1) is 0 Å². The molecule has 7 heteroatoms. The molecule has 0 aliphatic heterocycles. The smallest absolute Gasteiger partial charge is 0.243 e. The van der Waals surface area contributed by atoms with E-state index < -0.39 is 10.0 Å². The van der Waals surface area contributed by atoms with Crippen LogP contribution in [0.5, 0.6) is 0 Å². The van der Waals surface area contributed by atoms with Gasteiger partial charge in [0.2, 0.25) is 10.0 Å². The maximum atomic E-state index is 12.8. The molecule has 0 unspecified atom stereocenters. The minimum absolute atomic E-state index is 0.128. The molecule has 0 aromatic heterocycles. The van der Waals surface area contributed by atoms with Crippen LogP contribution in [0, 0.1) is 25.2 Å². The van der Waals surface area contributed by atoms with Gasteiger partial charge < -0.3 is 10.5 Å². The number of benzene rings is 1. The van der Waals surface area contributed by atoms with Crippen LogP contribution in [0.2, 0.25) is 0 Å². The highest BCUT2D eigenvalue weighted by atomic mass is 32.2. The Morgan fingerprint density at radius 2 is 2.00 bits per heavy atom. The second-order valence-corrected chi connectivity index (χ2v) is 6.67. The van der Waals surface area contributed by atoms with Gasteiger partial charge in [-0.05, 0) is 37.1 Å². The highest BCUT2D eigenvalue weighted by Gasteiger charge is 2.26. The Balaban J connectivity index is 3.25. The maximum Gasteiger partial charge on any atom is 0.243 e. The number of nitrogens with zero attached hydrogens (tertiary/aromatic N) is 2. The average molecular weight is 311 g/mol. The van der Waals surface area contributed by atoms with Gasteiger partial charge >= 0.3 is 0 Å². The molecule has 0 bridgehead atoms. The quantitative estimate of drug-likeness (QED) is 0.768. The number of rotatable bonds is 7. The van der Waals surface area contributed by atoms with E-state index in [0.29, 0.717) is 11.3 Å². The van der Waals surface area contributed by atoms with Gasteiger partial charge in [-0.25, -0.2) is 8.42 Å². The number of nitriles is 1. The predicted molar refractivity (Wildman–Crippen MR) is 81.2 cm³/mol. The summed E-state index contributed by atoms with van der Waals surface area (Å²) >= 11 is 0. The summed E-state index contributed by atoms with van der Waals surface area (Å²) < 4.78 is 31.8. The third kappa shape index (κ3) is 4.17. The van der Waals surface area contributed by atoms with Crippen LogP contribution in [0.3, 0.4) is 0 Å². The average Bonchev–Trinajstić information content (AvgIpc) is 2.42. The van der Waals surface area contributed by atoms with Crippen molar-refractivity contribution in [2.75, 3.05) is 32.5 Å². The summed E-state index contributed by atoms with van der Waals surface area (Å²) in [7, 11) is -2.19. The third-order valence-corrected chi connectivity index (χ3v) is 5.30. The van der Waals surface area contributed by atoms with Crippen LogP contribution in [0.4, 0.5) is 5.69 Å². The summed E-state index contributed by atoms with van der Waals surface area (Å²) in [6.45, 7) is 4.17. The molecule has 1 aromatic rings. The van der Waals surface area contributed by atoms with Crippen molar-refractivity contribution in [2.24, 2.45) is 0 Å². The molecule has 0 saturated heterocycles. The molecule has 0 saturated carbocycles. The molecule has 0 aliphatic carbocycles. The lowest BCUT2D eigenvalue weighted by Gasteiger charge is -2.22. The van der Waals surface area contributed by atoms with Crippen molar-refractivity contribution >= 4 is 15.7 Å². The SMILES string of the molecule is COCCN(CCC#N)S(=O)(=O)c1cc(N)cc(C)c1C. The molecule has 21 heavy (non-hydrogen) atoms. The van der Waals surface area contributed by atoms with Crippen LogP contribution in [0.25, 0.3) is 0 Å². The molecule has 0 heterocycles. The molecule has 0 aliphatic rings. The van der Waals surface area contributed by atoms with Crippen LogP contribution in [0.1, 0.15) is 17.5 Å². The number of methoxy groups -OCH3 is 1. The topological polar surface area (TPSA) is 96.4 Å². The van der Waals surface area contributed by atoms with E-state index in [1.807, 2.05) is 13.0 Å². The van der Waals surface area contributed by atoms with Crippen molar-refractivity contribution in [1.29, 1.82) is 5.26 Å². The summed E-state index contributed by atoms with van der Waals surface area (Å²) in [5, 5.41) is 8.70. The van der Waals surface area contributed by atoms with Crippen LogP contribution >= 0.6 is 0 Å². The molecule has 0 atom stereocenters. The van der Waals surface area contributed by atoms with Crippen LogP contribution in [-0.4, -0.2) is 39.5 Å². The number of nitrogen functional groups attached to an aromatic ring is 1. The fourth-order valence-corrected chi connectivity index (χ4v) is 3.74. The Hall–Kier alpha value is -1.62. The van der Waals surface area contributed by atoms with Crippen LogP contribution < -0.4 is 5.73 Å². The number of aryl methyl sites for hydroxylation is 1. The Morgan fingerprint density at radius 3 is 2.57 bits per heavy atom. The molecule has 0 radical (unpaired) electrons. The first-order valence-corrected chi connectivity index (χ1v) is 8.01. The van der Waals surface area contributed by atoms with Gasteiger partial charge in [-0.3, -0.25) is 0 Å². The monoisotopic (exact) mass is 311 g/mol. The van der Waals surface area contributed by atoms with Crippen LogP contribution in [0.15, 0.2) is 17.0 Å². The summed E-state index contributed by atoms with van der Waals surface area (Å²) in [4.78, 5) is 0.189. The number of sulfonamides is 1. The van der Waals surface area contributed by atoms with Gasteiger partial charge in [0.15, 0.2) is 0 Å². The molecular weight excluding hydrogens is 290 g/mol. The van der Waals surface area contributed by atoms with E-state index in [-0.39, 0.29) is 31.0 Å². The summed E-state index contributed by atoms with van der Waals surface area (Å²) in [5.74, 6) is 0. The van der Waals surface area contributed by atoms with E-state index in [1.54, 1.807) is 13.0 Å². The van der Waals surface area contributed by atoms with Gasteiger partial charge in [0.25, 0.3) is 0 Å². The number of hydrogen-bond donors (Lipinski definition) is 1. The zero-order valence-electron chi connectivity index (χ0n) is 12.6. The number of nitrogens with two attached hydrogens (primary N) is 1. The fourth-order valence-electron chi connectivity index (χ4n) is 1.98. The highest BCUT2D eigenvalue weighted by Crippen LogP contribution is 2.25. The number of ether oxygens (including phenoxy) is 1. The molecule has 0 spiro atoms. The number of anilines is 1. The molecule has 1 aromatic carbocycles. The zero-order chi connectivity index (χ0) is 16.0. The first kappa shape index (κ1) is 17.4. The standard InChI is InChI=1S/C14H21N3O3S/c1-11-9-13(16)10-14(12(11)2)21(18,19)17(6-4-5-15)7-8-20-3/h9-10H,4,6-8,16H2,1-3H3. The van der Waals surface area contributed by atoms with Crippen molar-refractivity contribution in [3.05, 3.63) is 23.3 Å². The van der Waals surface area contributed by atoms with Crippen molar-refractivity contribution in [3.63, 3.8) is 0 Å². The predicted octanol–water partition coefficient (Wildman–Crippen LogP) is 1.44. The number of hydrogen-bond acceptors (Lipinski definition) is 5. The second-order valence-electron chi connectivity index (χ2n) is 4.77. The Kier molecular flexibility index (Phi) is 6.15. The third-order valence-electron chi connectivity index (χ3n) is 3.28. The van der Waals surface area contributed by atoms with Crippen molar-refractivity contribution in [3.8, 4) is 6.07 Å². The largest absolute Gasteiger partial charge is 0.399 e. The highest BCUT2D eigenvalue weighted by molar-refractivity contribution is 7.89. The van der Waals surface area contributed by atoms with Gasteiger partial charge in [0, 0.05) is 32.3 Å². The van der Waals surface area contributed by atoms with E-state index in [0.717, 1.165) is 5.56 Å². The maximum absolute atomic E-state index is 12.8. The molecule has 1 rings (SSSR count). The van der Waals surface area contributed by atoms with Gasteiger partial charge in [-0.2, -0.15) is 9.57 Å². The van der Waals surface area contributed by atoms with Crippen molar-refractivity contribution < 1.29 is 13.2 Å². The first-order chi connectivity index (χ1) is 9.84. The molecular formula is C14H21N3O3S. The minimum atomic E-state index is -3.70. The van der Waals surface area contributed by atoms with E-state index in [9.17, 15) is 8.42 Å². The van der Waals surface area contributed by atoms with Gasteiger partial charge in [0.1, 0.15) is 0 Å². The van der Waals surface area contributed by atoms with E-state index >= 15 is 0 Å². The lowest BCUT2D eigenvalue weighted by molar-refractivity contribution is 0.179. The molecule has 2 N–H and O–H groups in total. The summed E-state index contributed by atoms with van der Waals surface area (Å²) in [6, 6.07) is 5.17.